The lowest BCUT2D eigenvalue weighted by molar-refractivity contribution is -0.142. The average molecular weight is 269 g/mol. The van der Waals surface area contributed by atoms with Gasteiger partial charge in [-0.2, -0.15) is 0 Å². The summed E-state index contributed by atoms with van der Waals surface area (Å²) in [6.07, 6.45) is 1.38. The zero-order chi connectivity index (χ0) is 14.0. The van der Waals surface area contributed by atoms with Gasteiger partial charge in [0, 0.05) is 19.6 Å². The highest BCUT2D eigenvalue weighted by atomic mass is 16.4. The van der Waals surface area contributed by atoms with E-state index >= 15 is 0 Å². The van der Waals surface area contributed by atoms with Gasteiger partial charge in [-0.3, -0.25) is 4.79 Å². The Kier molecular flexibility index (Phi) is 3.92. The van der Waals surface area contributed by atoms with Crippen LogP contribution in [0.1, 0.15) is 19.8 Å². The van der Waals surface area contributed by atoms with E-state index in [-0.39, 0.29) is 24.4 Å². The van der Waals surface area contributed by atoms with Crippen LogP contribution in [-0.2, 0) is 9.59 Å². The fourth-order valence-corrected chi connectivity index (χ4v) is 2.69. The van der Waals surface area contributed by atoms with Crippen molar-refractivity contribution in [2.24, 2.45) is 5.92 Å². The second-order valence-electron chi connectivity index (χ2n) is 5.15. The van der Waals surface area contributed by atoms with Gasteiger partial charge in [0.1, 0.15) is 12.6 Å². The molecule has 2 unspecified atom stereocenters. The van der Waals surface area contributed by atoms with Crippen molar-refractivity contribution in [3.8, 4) is 0 Å². The first-order valence-corrected chi connectivity index (χ1v) is 6.55. The molecular formula is C12H19N3O4. The molecule has 2 aliphatic heterocycles. The highest BCUT2D eigenvalue weighted by Gasteiger charge is 2.41. The number of likely N-dealkylation sites (tertiary alicyclic amines) is 1. The Bertz CT molecular complexity index is 398. The number of aliphatic carboxylic acids is 1. The molecule has 0 aromatic heterocycles. The van der Waals surface area contributed by atoms with Crippen LogP contribution in [0.5, 0.6) is 0 Å². The Hall–Kier alpha value is -1.79. The fourth-order valence-electron chi connectivity index (χ4n) is 2.69. The summed E-state index contributed by atoms with van der Waals surface area (Å²) in [6.45, 7) is 3.32. The third-order valence-electron chi connectivity index (χ3n) is 3.73. The summed E-state index contributed by atoms with van der Waals surface area (Å²) in [4.78, 5) is 37.9. The van der Waals surface area contributed by atoms with Crippen molar-refractivity contribution in [1.82, 2.24) is 15.1 Å². The van der Waals surface area contributed by atoms with Crippen LogP contribution in [0.3, 0.4) is 0 Å². The number of carbonyl (C=O) groups is 3. The Morgan fingerprint density at radius 1 is 1.37 bits per heavy atom. The predicted octanol–water partition coefficient (Wildman–Crippen LogP) is -0.277. The standard InChI is InChI=1S/C12H19N3O4/c1-8-3-6-15(10(8)11(17)18)12(19)14-5-2-4-13-9(16)7-14/h8,10H,2-7H2,1H3,(H,13,16)(H,17,18). The molecule has 0 aliphatic carbocycles. The molecule has 2 heterocycles. The van der Waals surface area contributed by atoms with E-state index in [1.807, 2.05) is 6.92 Å². The molecular weight excluding hydrogens is 250 g/mol. The van der Waals surface area contributed by atoms with Crippen LogP contribution < -0.4 is 5.32 Å². The summed E-state index contributed by atoms with van der Waals surface area (Å²) < 4.78 is 0. The number of carboxylic acid groups (broad SMARTS) is 1. The van der Waals surface area contributed by atoms with Gasteiger partial charge in [-0.15, -0.1) is 0 Å². The molecule has 0 bridgehead atoms. The van der Waals surface area contributed by atoms with Gasteiger partial charge < -0.3 is 20.2 Å². The summed E-state index contributed by atoms with van der Waals surface area (Å²) in [6, 6.07) is -1.12. The Morgan fingerprint density at radius 2 is 2.11 bits per heavy atom. The maximum absolute atomic E-state index is 12.4. The summed E-state index contributed by atoms with van der Waals surface area (Å²) in [5.74, 6) is -1.22. The molecule has 2 N–H and O–H groups in total. The van der Waals surface area contributed by atoms with Gasteiger partial charge in [0.2, 0.25) is 5.91 Å². The van der Waals surface area contributed by atoms with E-state index in [1.165, 1.54) is 9.80 Å². The SMILES string of the molecule is CC1CCN(C(=O)N2CCCNC(=O)C2)C1C(=O)O. The van der Waals surface area contributed by atoms with Crippen LogP contribution >= 0.6 is 0 Å². The average Bonchev–Trinajstić information content (AvgIpc) is 2.60. The first kappa shape index (κ1) is 13.6. The van der Waals surface area contributed by atoms with Gasteiger partial charge in [-0.25, -0.2) is 9.59 Å². The van der Waals surface area contributed by atoms with Crippen molar-refractivity contribution in [3.05, 3.63) is 0 Å². The first-order valence-electron chi connectivity index (χ1n) is 6.55. The molecule has 2 rings (SSSR count). The Morgan fingerprint density at radius 3 is 2.79 bits per heavy atom. The largest absolute Gasteiger partial charge is 0.480 e. The Balaban J connectivity index is 2.09. The number of carbonyl (C=O) groups excluding carboxylic acids is 2. The van der Waals surface area contributed by atoms with Crippen LogP contribution in [0.25, 0.3) is 0 Å². The molecule has 0 radical (unpaired) electrons. The quantitative estimate of drug-likeness (QED) is 0.685. The van der Waals surface area contributed by atoms with Crippen LogP contribution in [-0.4, -0.2) is 65.0 Å². The molecule has 2 atom stereocenters. The van der Waals surface area contributed by atoms with Gasteiger partial charge in [-0.1, -0.05) is 6.92 Å². The summed E-state index contributed by atoms with van der Waals surface area (Å²) in [5, 5.41) is 11.9. The number of nitrogens with zero attached hydrogens (tertiary/aromatic N) is 2. The fraction of sp³-hybridized carbons (Fsp3) is 0.750. The molecule has 0 aromatic rings. The number of hydrogen-bond donors (Lipinski definition) is 2. The molecule has 19 heavy (non-hydrogen) atoms. The third-order valence-corrected chi connectivity index (χ3v) is 3.73. The molecule has 2 fully saturated rings. The molecule has 2 aliphatic rings. The lowest BCUT2D eigenvalue weighted by Crippen LogP contribution is -2.50. The molecule has 106 valence electrons. The van der Waals surface area contributed by atoms with Gasteiger partial charge >= 0.3 is 12.0 Å². The number of rotatable bonds is 1. The normalized spacial score (nSPS) is 27.9. The maximum Gasteiger partial charge on any atom is 0.326 e. The van der Waals surface area contributed by atoms with E-state index in [2.05, 4.69) is 5.32 Å². The lowest BCUT2D eigenvalue weighted by Gasteiger charge is -2.29. The van der Waals surface area contributed by atoms with E-state index in [0.29, 0.717) is 32.5 Å². The summed E-state index contributed by atoms with van der Waals surface area (Å²) in [7, 11) is 0. The molecule has 0 saturated carbocycles. The molecule has 7 heteroatoms. The topological polar surface area (TPSA) is 90.0 Å². The lowest BCUT2D eigenvalue weighted by atomic mass is 10.0. The number of urea groups is 1. The van der Waals surface area contributed by atoms with E-state index in [4.69, 9.17) is 0 Å². The number of nitrogens with one attached hydrogen (secondary N) is 1. The van der Waals surface area contributed by atoms with E-state index in [9.17, 15) is 19.5 Å². The smallest absolute Gasteiger partial charge is 0.326 e. The van der Waals surface area contributed by atoms with Gasteiger partial charge in [0.25, 0.3) is 0 Å². The van der Waals surface area contributed by atoms with Crippen molar-refractivity contribution in [1.29, 1.82) is 0 Å². The van der Waals surface area contributed by atoms with Crippen LogP contribution in [0.15, 0.2) is 0 Å². The zero-order valence-corrected chi connectivity index (χ0v) is 11.0. The van der Waals surface area contributed by atoms with Crippen molar-refractivity contribution in [3.63, 3.8) is 0 Å². The van der Waals surface area contributed by atoms with E-state index in [1.54, 1.807) is 0 Å². The minimum Gasteiger partial charge on any atom is -0.480 e. The van der Waals surface area contributed by atoms with Crippen LogP contribution in [0.4, 0.5) is 4.79 Å². The van der Waals surface area contributed by atoms with E-state index < -0.39 is 12.0 Å². The molecule has 2 saturated heterocycles. The molecule has 7 nitrogen and oxygen atoms in total. The minimum atomic E-state index is -0.974. The highest BCUT2D eigenvalue weighted by Crippen LogP contribution is 2.25. The molecule has 0 aromatic carbocycles. The summed E-state index contributed by atoms with van der Waals surface area (Å²) in [5.41, 5.74) is 0. The van der Waals surface area contributed by atoms with Crippen LogP contribution in [0.2, 0.25) is 0 Å². The van der Waals surface area contributed by atoms with Crippen molar-refractivity contribution < 1.29 is 19.5 Å². The molecule has 3 amide bonds. The monoisotopic (exact) mass is 269 g/mol. The minimum absolute atomic E-state index is 0.00997. The number of amides is 3. The second kappa shape index (κ2) is 5.46. The van der Waals surface area contributed by atoms with Crippen molar-refractivity contribution in [2.45, 2.75) is 25.8 Å². The van der Waals surface area contributed by atoms with Gasteiger partial charge in [0.05, 0.1) is 0 Å². The zero-order valence-electron chi connectivity index (χ0n) is 11.0. The summed E-state index contributed by atoms with van der Waals surface area (Å²) >= 11 is 0. The molecule has 0 spiro atoms. The van der Waals surface area contributed by atoms with Crippen LogP contribution in [0, 0.1) is 5.92 Å². The predicted molar refractivity (Wildman–Crippen MR) is 66.5 cm³/mol. The van der Waals surface area contributed by atoms with Gasteiger partial charge in [0.15, 0.2) is 0 Å². The first-order chi connectivity index (χ1) is 9.00. The van der Waals surface area contributed by atoms with E-state index in [0.717, 1.165) is 0 Å². The Labute approximate surface area is 111 Å². The number of hydrogen-bond acceptors (Lipinski definition) is 3. The number of carboxylic acids is 1. The highest BCUT2D eigenvalue weighted by molar-refractivity contribution is 5.87. The van der Waals surface area contributed by atoms with Crippen molar-refractivity contribution >= 4 is 17.9 Å². The maximum atomic E-state index is 12.4. The van der Waals surface area contributed by atoms with Gasteiger partial charge in [-0.05, 0) is 18.8 Å². The third kappa shape index (κ3) is 2.80. The second-order valence-corrected chi connectivity index (χ2v) is 5.15. The van der Waals surface area contributed by atoms with Crippen molar-refractivity contribution in [2.75, 3.05) is 26.2 Å².